The molecule has 2 rings (SSSR count). The Kier molecular flexibility index (Phi) is 2.96. The third kappa shape index (κ3) is 2.25. The van der Waals surface area contributed by atoms with E-state index in [-0.39, 0.29) is 5.91 Å². The number of aromatic nitrogens is 1. The average Bonchev–Trinajstić information content (AvgIpc) is 2.74. The van der Waals surface area contributed by atoms with Crippen molar-refractivity contribution < 1.29 is 4.79 Å². The Bertz CT molecular complexity index is 508. The van der Waals surface area contributed by atoms with Gasteiger partial charge in [-0.05, 0) is 46.3 Å². The Labute approximate surface area is 101 Å². The Morgan fingerprint density at radius 1 is 1.31 bits per heavy atom. The van der Waals surface area contributed by atoms with Crippen LogP contribution in [0.5, 0.6) is 0 Å². The number of nitrogens with one attached hydrogen (secondary N) is 1. The van der Waals surface area contributed by atoms with Crippen molar-refractivity contribution in [3.8, 4) is 0 Å². The van der Waals surface area contributed by atoms with Gasteiger partial charge in [0.2, 0.25) is 0 Å². The van der Waals surface area contributed by atoms with E-state index in [0.29, 0.717) is 15.7 Å². The van der Waals surface area contributed by atoms with Crippen LogP contribution in [-0.2, 0) is 0 Å². The number of hydrogen-bond acceptors (Lipinski definition) is 2. The van der Waals surface area contributed by atoms with Gasteiger partial charge < -0.3 is 5.73 Å². The molecular weight excluding hydrogens is 270 g/mol. The first-order chi connectivity index (χ1) is 7.66. The molecule has 1 heterocycles. The van der Waals surface area contributed by atoms with Crippen LogP contribution in [-0.4, -0.2) is 10.6 Å². The second-order valence-corrected chi connectivity index (χ2v) is 4.12. The van der Waals surface area contributed by atoms with E-state index >= 15 is 0 Å². The van der Waals surface area contributed by atoms with Gasteiger partial charge in [-0.15, -0.1) is 0 Å². The van der Waals surface area contributed by atoms with E-state index in [4.69, 9.17) is 5.73 Å². The van der Waals surface area contributed by atoms with Gasteiger partial charge in [-0.25, -0.2) is 0 Å². The summed E-state index contributed by atoms with van der Waals surface area (Å²) in [6.07, 6.45) is 3.50. The standard InChI is InChI=1S/C11H10BrN3O/c12-10-4-3-8(13)7-9(10)11(16)14-15-5-1-2-6-15/h1-7H,13H2,(H,14,16). The minimum absolute atomic E-state index is 0.213. The lowest BCUT2D eigenvalue weighted by molar-refractivity contribution is 0.101. The Balaban J connectivity index is 2.24. The highest BCUT2D eigenvalue weighted by molar-refractivity contribution is 9.10. The predicted octanol–water partition coefficient (Wildman–Crippen LogP) is 2.22. The number of halogens is 1. The zero-order valence-electron chi connectivity index (χ0n) is 8.35. The number of hydrogen-bond donors (Lipinski definition) is 2. The summed E-state index contributed by atoms with van der Waals surface area (Å²) in [5.41, 5.74) is 9.39. The van der Waals surface area contributed by atoms with E-state index in [9.17, 15) is 4.79 Å². The summed E-state index contributed by atoms with van der Waals surface area (Å²) in [4.78, 5) is 11.9. The Hall–Kier alpha value is -1.75. The van der Waals surface area contributed by atoms with Crippen LogP contribution in [0.3, 0.4) is 0 Å². The van der Waals surface area contributed by atoms with Gasteiger partial charge in [0.25, 0.3) is 5.91 Å². The van der Waals surface area contributed by atoms with Crippen LogP contribution in [0.25, 0.3) is 0 Å². The highest BCUT2D eigenvalue weighted by atomic mass is 79.9. The fourth-order valence-corrected chi connectivity index (χ4v) is 1.73. The van der Waals surface area contributed by atoms with Crippen molar-refractivity contribution in [1.82, 2.24) is 4.68 Å². The van der Waals surface area contributed by atoms with Gasteiger partial charge in [-0.3, -0.25) is 14.9 Å². The smallest absolute Gasteiger partial charge is 0.271 e. The Morgan fingerprint density at radius 2 is 2.00 bits per heavy atom. The lowest BCUT2D eigenvalue weighted by atomic mass is 10.2. The highest BCUT2D eigenvalue weighted by Crippen LogP contribution is 2.19. The summed E-state index contributed by atoms with van der Waals surface area (Å²) in [5.74, 6) is -0.213. The van der Waals surface area contributed by atoms with E-state index in [0.717, 1.165) is 0 Å². The van der Waals surface area contributed by atoms with Crippen LogP contribution in [0, 0.1) is 0 Å². The fraction of sp³-hybridized carbons (Fsp3) is 0. The van der Waals surface area contributed by atoms with Crippen molar-refractivity contribution in [2.45, 2.75) is 0 Å². The van der Waals surface area contributed by atoms with Gasteiger partial charge in [-0.1, -0.05) is 0 Å². The molecule has 16 heavy (non-hydrogen) atoms. The molecular formula is C11H10BrN3O. The molecule has 0 radical (unpaired) electrons. The molecule has 0 bridgehead atoms. The number of carbonyl (C=O) groups excluding carboxylic acids is 1. The zero-order valence-corrected chi connectivity index (χ0v) is 9.94. The minimum atomic E-state index is -0.213. The van der Waals surface area contributed by atoms with Gasteiger partial charge in [0.15, 0.2) is 0 Å². The lowest BCUT2D eigenvalue weighted by Crippen LogP contribution is -2.21. The minimum Gasteiger partial charge on any atom is -0.399 e. The molecule has 0 aliphatic heterocycles. The van der Waals surface area contributed by atoms with Crippen LogP contribution in [0.4, 0.5) is 5.69 Å². The molecule has 0 aliphatic carbocycles. The molecule has 0 unspecified atom stereocenters. The predicted molar refractivity (Wildman–Crippen MR) is 66.7 cm³/mol. The second kappa shape index (κ2) is 4.40. The van der Waals surface area contributed by atoms with E-state index in [1.165, 1.54) is 0 Å². The van der Waals surface area contributed by atoms with Crippen molar-refractivity contribution in [2.24, 2.45) is 0 Å². The molecule has 1 aromatic carbocycles. The normalized spacial score (nSPS) is 10.1. The molecule has 82 valence electrons. The molecule has 1 amide bonds. The number of nitrogen functional groups attached to an aromatic ring is 1. The molecule has 5 heteroatoms. The number of nitrogens with zero attached hydrogens (tertiary/aromatic N) is 1. The summed E-state index contributed by atoms with van der Waals surface area (Å²) in [6.45, 7) is 0. The topological polar surface area (TPSA) is 60.1 Å². The molecule has 0 atom stereocenters. The van der Waals surface area contributed by atoms with Crippen LogP contribution < -0.4 is 11.2 Å². The SMILES string of the molecule is Nc1ccc(Br)c(C(=O)Nn2cccc2)c1. The molecule has 0 spiro atoms. The Morgan fingerprint density at radius 3 is 2.69 bits per heavy atom. The molecule has 0 saturated heterocycles. The first-order valence-electron chi connectivity index (χ1n) is 4.66. The fourth-order valence-electron chi connectivity index (χ4n) is 1.30. The summed E-state index contributed by atoms with van der Waals surface area (Å²) < 4.78 is 2.30. The van der Waals surface area contributed by atoms with E-state index in [1.807, 2.05) is 12.1 Å². The van der Waals surface area contributed by atoms with Crippen LogP contribution in [0.1, 0.15) is 10.4 Å². The monoisotopic (exact) mass is 279 g/mol. The summed E-state index contributed by atoms with van der Waals surface area (Å²) in [5, 5.41) is 0. The molecule has 0 aliphatic rings. The number of anilines is 1. The maximum atomic E-state index is 11.9. The summed E-state index contributed by atoms with van der Waals surface area (Å²) in [6, 6.07) is 8.77. The molecule has 4 nitrogen and oxygen atoms in total. The summed E-state index contributed by atoms with van der Waals surface area (Å²) >= 11 is 3.31. The van der Waals surface area contributed by atoms with Gasteiger partial charge in [0.1, 0.15) is 0 Å². The zero-order chi connectivity index (χ0) is 11.5. The van der Waals surface area contributed by atoms with Crippen LogP contribution >= 0.6 is 15.9 Å². The molecule has 1 aromatic heterocycles. The van der Waals surface area contributed by atoms with E-state index < -0.39 is 0 Å². The van der Waals surface area contributed by atoms with Gasteiger partial charge in [0, 0.05) is 22.6 Å². The first-order valence-corrected chi connectivity index (χ1v) is 5.45. The maximum absolute atomic E-state index is 11.9. The van der Waals surface area contributed by atoms with Crippen molar-refractivity contribution >= 4 is 27.5 Å². The van der Waals surface area contributed by atoms with Gasteiger partial charge in [0.05, 0.1) is 5.56 Å². The number of rotatable bonds is 2. The number of nitrogens with two attached hydrogens (primary N) is 1. The number of benzene rings is 1. The van der Waals surface area contributed by atoms with Gasteiger partial charge >= 0.3 is 0 Å². The number of carbonyl (C=O) groups is 1. The lowest BCUT2D eigenvalue weighted by Gasteiger charge is -2.08. The average molecular weight is 280 g/mol. The first kappa shape index (κ1) is 10.8. The van der Waals surface area contributed by atoms with Crippen molar-refractivity contribution in [3.63, 3.8) is 0 Å². The molecule has 2 aromatic rings. The molecule has 0 fully saturated rings. The van der Waals surface area contributed by atoms with Crippen molar-refractivity contribution in [2.75, 3.05) is 11.2 Å². The quantitative estimate of drug-likeness (QED) is 0.829. The van der Waals surface area contributed by atoms with E-state index in [1.54, 1.807) is 35.3 Å². The summed E-state index contributed by atoms with van der Waals surface area (Å²) in [7, 11) is 0. The third-order valence-electron chi connectivity index (χ3n) is 2.07. The second-order valence-electron chi connectivity index (χ2n) is 3.27. The van der Waals surface area contributed by atoms with Crippen molar-refractivity contribution in [3.05, 3.63) is 52.8 Å². The molecule has 3 N–H and O–H groups in total. The van der Waals surface area contributed by atoms with Crippen LogP contribution in [0.15, 0.2) is 47.2 Å². The largest absolute Gasteiger partial charge is 0.399 e. The number of amides is 1. The third-order valence-corrected chi connectivity index (χ3v) is 2.76. The van der Waals surface area contributed by atoms with Gasteiger partial charge in [-0.2, -0.15) is 0 Å². The van der Waals surface area contributed by atoms with E-state index in [2.05, 4.69) is 21.4 Å². The van der Waals surface area contributed by atoms with Crippen molar-refractivity contribution in [1.29, 1.82) is 0 Å². The highest BCUT2D eigenvalue weighted by Gasteiger charge is 2.10. The van der Waals surface area contributed by atoms with Crippen LogP contribution in [0.2, 0.25) is 0 Å². The molecule has 0 saturated carbocycles. The maximum Gasteiger partial charge on any atom is 0.271 e.